The lowest BCUT2D eigenvalue weighted by Crippen LogP contribution is -2.38. The number of unbranched alkanes of at least 4 members (excludes halogenated alkanes) is 1. The molecular formula is C12H24N6. The average Bonchev–Trinajstić information content (AvgIpc) is 2.98. The third kappa shape index (κ3) is 4.03. The van der Waals surface area contributed by atoms with E-state index in [1.165, 1.54) is 30.5 Å². The van der Waals surface area contributed by atoms with E-state index in [9.17, 15) is 0 Å². The molecule has 1 aromatic heterocycles. The van der Waals surface area contributed by atoms with Crippen LogP contribution in [0.3, 0.4) is 0 Å². The minimum Gasteiger partial charge on any atom is -0.313 e. The fourth-order valence-corrected chi connectivity index (χ4v) is 2.43. The van der Waals surface area contributed by atoms with Gasteiger partial charge in [0, 0.05) is 12.6 Å². The molecule has 0 bridgehead atoms. The van der Waals surface area contributed by atoms with Crippen molar-refractivity contribution < 1.29 is 0 Å². The maximum atomic E-state index is 4.27. The Labute approximate surface area is 109 Å². The quantitative estimate of drug-likeness (QED) is 0.768. The number of hydrogen-bond donors (Lipinski definition) is 1. The standard InChI is InChI=1S/C12H24N6/c1-3-4-8-18(9-11-6-5-7-13-11)10-12-14-16-17(2)15-12/h11,13H,3-10H2,1-2H3. The van der Waals surface area contributed by atoms with Gasteiger partial charge in [-0.3, -0.25) is 4.90 Å². The Hall–Kier alpha value is -1.01. The van der Waals surface area contributed by atoms with Crippen molar-refractivity contribution in [2.24, 2.45) is 7.05 Å². The Morgan fingerprint density at radius 1 is 1.50 bits per heavy atom. The first-order valence-electron chi connectivity index (χ1n) is 6.96. The number of aryl methyl sites for hydroxylation is 1. The molecule has 0 aromatic carbocycles. The Morgan fingerprint density at radius 2 is 2.39 bits per heavy atom. The summed E-state index contributed by atoms with van der Waals surface area (Å²) in [6.45, 7) is 6.42. The molecule has 0 amide bonds. The first kappa shape index (κ1) is 13.4. The summed E-state index contributed by atoms with van der Waals surface area (Å²) in [6, 6.07) is 0.638. The first-order chi connectivity index (χ1) is 8.78. The molecule has 0 spiro atoms. The normalized spacial score (nSPS) is 19.8. The predicted molar refractivity (Wildman–Crippen MR) is 70.0 cm³/mol. The smallest absolute Gasteiger partial charge is 0.188 e. The fraction of sp³-hybridized carbons (Fsp3) is 0.917. The molecule has 1 aliphatic rings. The van der Waals surface area contributed by atoms with Crippen LogP contribution in [-0.2, 0) is 13.6 Å². The Kier molecular flexibility index (Phi) is 5.07. The predicted octanol–water partition coefficient (Wildman–Crippen LogP) is 0.564. The van der Waals surface area contributed by atoms with Crippen LogP contribution >= 0.6 is 0 Å². The molecule has 1 fully saturated rings. The molecule has 1 atom stereocenters. The average molecular weight is 252 g/mol. The zero-order valence-electron chi connectivity index (χ0n) is 11.5. The molecule has 1 N–H and O–H groups in total. The Balaban J connectivity index is 1.86. The second-order valence-electron chi connectivity index (χ2n) is 5.08. The number of nitrogens with one attached hydrogen (secondary N) is 1. The van der Waals surface area contributed by atoms with E-state index in [-0.39, 0.29) is 0 Å². The van der Waals surface area contributed by atoms with Crippen LogP contribution in [0.1, 0.15) is 38.4 Å². The van der Waals surface area contributed by atoms with Crippen molar-refractivity contribution in [3.8, 4) is 0 Å². The van der Waals surface area contributed by atoms with Gasteiger partial charge in [-0.15, -0.1) is 10.2 Å². The van der Waals surface area contributed by atoms with Gasteiger partial charge in [-0.1, -0.05) is 13.3 Å². The Morgan fingerprint density at radius 3 is 3.00 bits per heavy atom. The van der Waals surface area contributed by atoms with Crippen LogP contribution < -0.4 is 5.32 Å². The maximum Gasteiger partial charge on any atom is 0.188 e. The third-order valence-electron chi connectivity index (χ3n) is 3.38. The van der Waals surface area contributed by atoms with E-state index < -0.39 is 0 Å². The van der Waals surface area contributed by atoms with E-state index in [2.05, 4.69) is 32.6 Å². The number of tetrazole rings is 1. The van der Waals surface area contributed by atoms with Crippen molar-refractivity contribution in [1.82, 2.24) is 30.4 Å². The minimum atomic E-state index is 0.638. The van der Waals surface area contributed by atoms with Gasteiger partial charge in [0.05, 0.1) is 13.6 Å². The number of rotatable bonds is 7. The van der Waals surface area contributed by atoms with Gasteiger partial charge in [0.1, 0.15) is 0 Å². The van der Waals surface area contributed by atoms with Crippen LogP contribution in [-0.4, -0.2) is 50.8 Å². The number of hydrogen-bond acceptors (Lipinski definition) is 5. The van der Waals surface area contributed by atoms with E-state index in [4.69, 9.17) is 0 Å². The maximum absolute atomic E-state index is 4.27. The van der Waals surface area contributed by atoms with Gasteiger partial charge in [0.2, 0.25) is 0 Å². The zero-order chi connectivity index (χ0) is 12.8. The van der Waals surface area contributed by atoms with E-state index >= 15 is 0 Å². The van der Waals surface area contributed by atoms with Crippen molar-refractivity contribution in [3.05, 3.63) is 5.82 Å². The van der Waals surface area contributed by atoms with Gasteiger partial charge >= 0.3 is 0 Å². The molecule has 0 saturated carbocycles. The number of nitrogens with zero attached hydrogens (tertiary/aromatic N) is 5. The third-order valence-corrected chi connectivity index (χ3v) is 3.38. The first-order valence-corrected chi connectivity index (χ1v) is 6.96. The van der Waals surface area contributed by atoms with Crippen LogP contribution in [0.5, 0.6) is 0 Å². The van der Waals surface area contributed by atoms with E-state index in [0.717, 1.165) is 32.0 Å². The number of aromatic nitrogens is 4. The monoisotopic (exact) mass is 252 g/mol. The second kappa shape index (κ2) is 6.80. The Bertz CT molecular complexity index is 344. The van der Waals surface area contributed by atoms with Crippen LogP contribution in [0.2, 0.25) is 0 Å². The summed E-state index contributed by atoms with van der Waals surface area (Å²) in [5.74, 6) is 0.826. The molecule has 6 heteroatoms. The molecule has 18 heavy (non-hydrogen) atoms. The van der Waals surface area contributed by atoms with Crippen molar-refractivity contribution in [3.63, 3.8) is 0 Å². The zero-order valence-corrected chi connectivity index (χ0v) is 11.5. The molecule has 0 aliphatic carbocycles. The van der Waals surface area contributed by atoms with Gasteiger partial charge in [0.25, 0.3) is 0 Å². The van der Waals surface area contributed by atoms with Crippen LogP contribution in [0.15, 0.2) is 0 Å². The molecule has 1 aliphatic heterocycles. The summed E-state index contributed by atoms with van der Waals surface area (Å²) in [5, 5.41) is 15.8. The van der Waals surface area contributed by atoms with Crippen molar-refractivity contribution in [2.45, 2.75) is 45.2 Å². The van der Waals surface area contributed by atoms with Crippen LogP contribution in [0.4, 0.5) is 0 Å². The van der Waals surface area contributed by atoms with Crippen molar-refractivity contribution in [1.29, 1.82) is 0 Å². The summed E-state index contributed by atoms with van der Waals surface area (Å²) >= 11 is 0. The van der Waals surface area contributed by atoms with Crippen molar-refractivity contribution in [2.75, 3.05) is 19.6 Å². The summed E-state index contributed by atoms with van der Waals surface area (Å²) in [5.41, 5.74) is 0. The SMILES string of the molecule is CCCCN(Cc1nnn(C)n1)CC1CCCN1. The molecular weight excluding hydrogens is 228 g/mol. The van der Waals surface area contributed by atoms with Crippen LogP contribution in [0, 0.1) is 0 Å². The molecule has 6 nitrogen and oxygen atoms in total. The minimum absolute atomic E-state index is 0.638. The molecule has 1 saturated heterocycles. The van der Waals surface area contributed by atoms with Gasteiger partial charge in [-0.2, -0.15) is 4.80 Å². The molecule has 0 radical (unpaired) electrons. The van der Waals surface area contributed by atoms with E-state index in [1.54, 1.807) is 0 Å². The highest BCUT2D eigenvalue weighted by atomic mass is 15.6. The van der Waals surface area contributed by atoms with Gasteiger partial charge in [0.15, 0.2) is 5.82 Å². The van der Waals surface area contributed by atoms with Gasteiger partial charge in [-0.05, 0) is 37.6 Å². The van der Waals surface area contributed by atoms with Crippen molar-refractivity contribution >= 4 is 0 Å². The molecule has 1 unspecified atom stereocenters. The van der Waals surface area contributed by atoms with Crippen LogP contribution in [0.25, 0.3) is 0 Å². The molecule has 1 aromatic rings. The lowest BCUT2D eigenvalue weighted by Gasteiger charge is -2.24. The summed E-state index contributed by atoms with van der Waals surface area (Å²) in [7, 11) is 1.81. The molecule has 2 rings (SSSR count). The summed E-state index contributed by atoms with van der Waals surface area (Å²) in [6.07, 6.45) is 5.04. The lowest BCUT2D eigenvalue weighted by atomic mass is 10.2. The molecule has 2 heterocycles. The summed E-state index contributed by atoms with van der Waals surface area (Å²) in [4.78, 5) is 3.98. The second-order valence-corrected chi connectivity index (χ2v) is 5.08. The van der Waals surface area contributed by atoms with E-state index in [1.807, 2.05) is 7.05 Å². The summed E-state index contributed by atoms with van der Waals surface area (Å²) < 4.78 is 0. The highest BCUT2D eigenvalue weighted by Crippen LogP contribution is 2.09. The van der Waals surface area contributed by atoms with Gasteiger partial charge in [-0.25, -0.2) is 0 Å². The lowest BCUT2D eigenvalue weighted by molar-refractivity contribution is 0.232. The molecule has 102 valence electrons. The van der Waals surface area contributed by atoms with Gasteiger partial charge < -0.3 is 5.32 Å². The van der Waals surface area contributed by atoms with E-state index in [0.29, 0.717) is 6.04 Å². The highest BCUT2D eigenvalue weighted by molar-refractivity contribution is 4.82. The highest BCUT2D eigenvalue weighted by Gasteiger charge is 2.18. The topological polar surface area (TPSA) is 58.9 Å². The fourth-order valence-electron chi connectivity index (χ4n) is 2.43. The largest absolute Gasteiger partial charge is 0.313 e.